The standard InChI is InChI=1S/C36H50N2O3/c1-4-6-8-9-10-11-12-13-14-15-25-40-29(3)28-41-36(39)33-23-21-32(22-24-33)35-37-26-34(27-38-35)31-19-17-30(18-20-31)16-7-5-2/h17-24,26-27,29H,4-16,25,28H2,1-3H3. The molecule has 0 N–H and O–H groups in total. The third-order valence-electron chi connectivity index (χ3n) is 7.49. The van der Waals surface area contributed by atoms with Crippen molar-refractivity contribution in [1.82, 2.24) is 9.97 Å². The molecule has 3 rings (SSSR count). The first-order valence-electron chi connectivity index (χ1n) is 15.9. The van der Waals surface area contributed by atoms with Crippen LogP contribution < -0.4 is 0 Å². The number of aromatic nitrogens is 2. The van der Waals surface area contributed by atoms with Crippen molar-refractivity contribution < 1.29 is 14.3 Å². The molecule has 0 aliphatic rings. The van der Waals surface area contributed by atoms with Gasteiger partial charge in [0.25, 0.3) is 0 Å². The van der Waals surface area contributed by atoms with Gasteiger partial charge in [-0.3, -0.25) is 0 Å². The van der Waals surface area contributed by atoms with E-state index in [1.54, 1.807) is 12.1 Å². The van der Waals surface area contributed by atoms with E-state index in [0.717, 1.165) is 29.5 Å². The average molecular weight is 559 g/mol. The zero-order chi connectivity index (χ0) is 29.1. The van der Waals surface area contributed by atoms with Gasteiger partial charge in [-0.2, -0.15) is 0 Å². The van der Waals surface area contributed by atoms with E-state index in [1.165, 1.54) is 76.2 Å². The van der Waals surface area contributed by atoms with Crippen molar-refractivity contribution in [3.05, 3.63) is 72.1 Å². The van der Waals surface area contributed by atoms with E-state index >= 15 is 0 Å². The van der Waals surface area contributed by atoms with Gasteiger partial charge < -0.3 is 9.47 Å². The van der Waals surface area contributed by atoms with Crippen LogP contribution in [-0.4, -0.2) is 35.3 Å². The van der Waals surface area contributed by atoms with Gasteiger partial charge >= 0.3 is 5.97 Å². The number of carbonyl (C=O) groups is 1. The minimum absolute atomic E-state index is 0.115. The molecule has 1 heterocycles. The SMILES string of the molecule is CCCCCCCCCCCCOC(C)COC(=O)c1ccc(-c2ncc(-c3ccc(CCCC)cc3)cn2)cc1. The van der Waals surface area contributed by atoms with E-state index in [2.05, 4.69) is 48.1 Å². The van der Waals surface area contributed by atoms with Gasteiger partial charge in [0, 0.05) is 30.1 Å². The molecule has 0 aliphatic heterocycles. The van der Waals surface area contributed by atoms with Crippen molar-refractivity contribution in [1.29, 1.82) is 0 Å². The molecule has 0 amide bonds. The van der Waals surface area contributed by atoms with Crippen LogP contribution in [0.1, 0.15) is 114 Å². The summed E-state index contributed by atoms with van der Waals surface area (Å²) in [5.41, 5.74) is 4.82. The van der Waals surface area contributed by atoms with Crippen molar-refractivity contribution in [2.75, 3.05) is 13.2 Å². The Bertz CT molecular complexity index is 1110. The topological polar surface area (TPSA) is 61.3 Å². The molecule has 1 aromatic heterocycles. The number of benzene rings is 2. The smallest absolute Gasteiger partial charge is 0.338 e. The summed E-state index contributed by atoms with van der Waals surface area (Å²) in [6, 6.07) is 15.9. The maximum Gasteiger partial charge on any atom is 0.338 e. The molecule has 0 fully saturated rings. The Kier molecular flexibility index (Phi) is 15.2. The summed E-state index contributed by atoms with van der Waals surface area (Å²) in [5, 5.41) is 0. The monoisotopic (exact) mass is 558 g/mol. The number of hydrogen-bond donors (Lipinski definition) is 0. The maximum absolute atomic E-state index is 12.5. The zero-order valence-corrected chi connectivity index (χ0v) is 25.6. The van der Waals surface area contributed by atoms with Crippen molar-refractivity contribution in [3.63, 3.8) is 0 Å². The number of carbonyl (C=O) groups excluding carboxylic acids is 1. The summed E-state index contributed by atoms with van der Waals surface area (Å²) in [4.78, 5) is 21.6. The molecule has 1 atom stereocenters. The second-order valence-electron chi connectivity index (χ2n) is 11.1. The summed E-state index contributed by atoms with van der Waals surface area (Å²) in [5.74, 6) is 0.284. The van der Waals surface area contributed by atoms with Gasteiger partial charge in [-0.15, -0.1) is 0 Å². The normalized spacial score (nSPS) is 11.9. The second-order valence-corrected chi connectivity index (χ2v) is 11.1. The lowest BCUT2D eigenvalue weighted by molar-refractivity contribution is -0.00140. The number of ether oxygens (including phenoxy) is 2. The predicted octanol–water partition coefficient (Wildman–Crippen LogP) is 9.64. The number of rotatable bonds is 20. The molecule has 222 valence electrons. The van der Waals surface area contributed by atoms with E-state index in [1.807, 2.05) is 31.5 Å². The van der Waals surface area contributed by atoms with E-state index in [4.69, 9.17) is 9.47 Å². The number of hydrogen-bond acceptors (Lipinski definition) is 5. The van der Waals surface area contributed by atoms with Gasteiger partial charge in [0.2, 0.25) is 0 Å². The Morgan fingerprint density at radius 3 is 1.85 bits per heavy atom. The molecule has 0 radical (unpaired) electrons. The van der Waals surface area contributed by atoms with Crippen LogP contribution in [0.3, 0.4) is 0 Å². The van der Waals surface area contributed by atoms with Crippen LogP contribution in [0.5, 0.6) is 0 Å². The molecule has 5 heteroatoms. The average Bonchev–Trinajstić information content (AvgIpc) is 3.02. The summed E-state index contributed by atoms with van der Waals surface area (Å²) in [6.07, 6.45) is 20.1. The fraction of sp³-hybridized carbons (Fsp3) is 0.528. The highest BCUT2D eigenvalue weighted by atomic mass is 16.6. The second kappa shape index (κ2) is 19.1. The Balaban J connectivity index is 1.33. The molecule has 1 unspecified atom stereocenters. The third-order valence-corrected chi connectivity index (χ3v) is 7.49. The lowest BCUT2D eigenvalue weighted by Gasteiger charge is -2.13. The third kappa shape index (κ3) is 12.1. The molecular formula is C36H50N2O3. The van der Waals surface area contributed by atoms with Gasteiger partial charge in [-0.05, 0) is 49.4 Å². The van der Waals surface area contributed by atoms with Crippen LogP contribution in [0.4, 0.5) is 0 Å². The first kappa shape index (κ1) is 32.5. The van der Waals surface area contributed by atoms with E-state index in [0.29, 0.717) is 18.0 Å². The van der Waals surface area contributed by atoms with Crippen LogP contribution in [0.25, 0.3) is 22.5 Å². The maximum atomic E-state index is 12.5. The van der Waals surface area contributed by atoms with E-state index < -0.39 is 0 Å². The Morgan fingerprint density at radius 1 is 0.683 bits per heavy atom. The summed E-state index contributed by atoms with van der Waals surface area (Å²) >= 11 is 0. The molecular weight excluding hydrogens is 508 g/mol. The van der Waals surface area contributed by atoms with Crippen molar-refractivity contribution in [3.8, 4) is 22.5 Å². The van der Waals surface area contributed by atoms with Crippen molar-refractivity contribution in [2.24, 2.45) is 0 Å². The number of nitrogens with zero attached hydrogens (tertiary/aromatic N) is 2. The highest BCUT2D eigenvalue weighted by Crippen LogP contribution is 2.22. The molecule has 5 nitrogen and oxygen atoms in total. The minimum atomic E-state index is -0.343. The van der Waals surface area contributed by atoms with Crippen molar-refractivity contribution >= 4 is 5.97 Å². The first-order chi connectivity index (χ1) is 20.1. The largest absolute Gasteiger partial charge is 0.459 e. The Hall–Kier alpha value is -3.05. The lowest BCUT2D eigenvalue weighted by Crippen LogP contribution is -2.19. The van der Waals surface area contributed by atoms with Crippen LogP contribution in [0.15, 0.2) is 60.9 Å². The molecule has 0 saturated carbocycles. The van der Waals surface area contributed by atoms with Gasteiger partial charge in [-0.1, -0.05) is 114 Å². The zero-order valence-electron chi connectivity index (χ0n) is 25.6. The van der Waals surface area contributed by atoms with Gasteiger partial charge in [0.15, 0.2) is 5.82 Å². The highest BCUT2D eigenvalue weighted by molar-refractivity contribution is 5.89. The number of esters is 1. The fourth-order valence-corrected chi connectivity index (χ4v) is 4.82. The predicted molar refractivity (Wildman–Crippen MR) is 169 cm³/mol. The van der Waals surface area contributed by atoms with Crippen molar-refractivity contribution in [2.45, 2.75) is 110 Å². The quantitative estimate of drug-likeness (QED) is 0.102. The first-order valence-corrected chi connectivity index (χ1v) is 15.9. The summed E-state index contributed by atoms with van der Waals surface area (Å²) in [6.45, 7) is 7.39. The van der Waals surface area contributed by atoms with E-state index in [-0.39, 0.29) is 18.7 Å². The summed E-state index contributed by atoms with van der Waals surface area (Å²) < 4.78 is 11.3. The highest BCUT2D eigenvalue weighted by Gasteiger charge is 2.11. The van der Waals surface area contributed by atoms with Gasteiger partial charge in [-0.25, -0.2) is 14.8 Å². The molecule has 3 aromatic rings. The van der Waals surface area contributed by atoms with Crippen LogP contribution in [0.2, 0.25) is 0 Å². The Labute approximate surface area is 248 Å². The fourth-order valence-electron chi connectivity index (χ4n) is 4.82. The van der Waals surface area contributed by atoms with Crippen LogP contribution in [0, 0.1) is 0 Å². The minimum Gasteiger partial charge on any atom is -0.459 e. The molecule has 0 aliphatic carbocycles. The summed E-state index contributed by atoms with van der Waals surface area (Å²) in [7, 11) is 0. The van der Waals surface area contributed by atoms with Crippen LogP contribution >= 0.6 is 0 Å². The van der Waals surface area contributed by atoms with Gasteiger partial charge in [0.05, 0.1) is 11.7 Å². The lowest BCUT2D eigenvalue weighted by atomic mass is 10.0. The Morgan fingerprint density at radius 2 is 1.24 bits per heavy atom. The molecule has 2 aromatic carbocycles. The molecule has 41 heavy (non-hydrogen) atoms. The number of unbranched alkanes of at least 4 members (excludes halogenated alkanes) is 10. The van der Waals surface area contributed by atoms with Gasteiger partial charge in [0.1, 0.15) is 6.61 Å². The molecule has 0 saturated heterocycles. The van der Waals surface area contributed by atoms with E-state index in [9.17, 15) is 4.79 Å². The molecule has 0 bridgehead atoms. The van der Waals surface area contributed by atoms with Crippen LogP contribution in [-0.2, 0) is 15.9 Å². The molecule has 0 spiro atoms. The number of aryl methyl sites for hydroxylation is 1.